The van der Waals surface area contributed by atoms with Crippen LogP contribution >= 0.6 is 0 Å². The van der Waals surface area contributed by atoms with Crippen LogP contribution in [0.5, 0.6) is 5.75 Å². The summed E-state index contributed by atoms with van der Waals surface area (Å²) in [7, 11) is 1.68. The third-order valence-electron chi connectivity index (χ3n) is 5.02. The van der Waals surface area contributed by atoms with Crippen molar-refractivity contribution >= 4 is 11.6 Å². The second-order valence-electron chi connectivity index (χ2n) is 6.09. The molecule has 0 saturated carbocycles. The number of carbonyl (C=O) groups is 1. The van der Waals surface area contributed by atoms with Gasteiger partial charge in [-0.2, -0.15) is 0 Å². The Labute approximate surface area is 126 Å². The van der Waals surface area contributed by atoms with Crippen LogP contribution in [0.3, 0.4) is 0 Å². The van der Waals surface area contributed by atoms with Gasteiger partial charge in [0.1, 0.15) is 5.75 Å². The topological polar surface area (TPSA) is 41.6 Å². The summed E-state index contributed by atoms with van der Waals surface area (Å²) >= 11 is 0. The van der Waals surface area contributed by atoms with Crippen LogP contribution in [-0.2, 0) is 11.2 Å². The fraction of sp³-hybridized carbons (Fsp3) is 0.588. The van der Waals surface area contributed by atoms with Crippen LogP contribution in [0.4, 0.5) is 5.69 Å². The summed E-state index contributed by atoms with van der Waals surface area (Å²) in [6, 6.07) is 6.08. The summed E-state index contributed by atoms with van der Waals surface area (Å²) in [5, 5.41) is 3.36. The zero-order valence-corrected chi connectivity index (χ0v) is 12.9. The molecule has 21 heavy (non-hydrogen) atoms. The number of nitrogens with zero attached hydrogens (tertiary/aromatic N) is 1. The van der Waals surface area contributed by atoms with Crippen LogP contribution < -0.4 is 15.0 Å². The average Bonchev–Trinajstić information content (AvgIpc) is 3.03. The number of methoxy groups -OCH3 is 1. The first kappa shape index (κ1) is 14.4. The molecule has 114 valence electrons. The Bertz CT molecular complexity index is 521. The van der Waals surface area contributed by atoms with Gasteiger partial charge >= 0.3 is 0 Å². The maximum Gasteiger partial charge on any atom is 0.234 e. The van der Waals surface area contributed by atoms with Crippen LogP contribution in [0.2, 0.25) is 0 Å². The van der Waals surface area contributed by atoms with Gasteiger partial charge in [-0.05, 0) is 43.9 Å². The highest BCUT2D eigenvalue weighted by molar-refractivity contribution is 6.00. The van der Waals surface area contributed by atoms with Gasteiger partial charge in [-0.15, -0.1) is 0 Å². The van der Waals surface area contributed by atoms with E-state index in [1.54, 1.807) is 7.11 Å². The normalized spacial score (nSPS) is 24.8. The minimum Gasteiger partial charge on any atom is -0.495 e. The monoisotopic (exact) mass is 288 g/mol. The lowest BCUT2D eigenvalue weighted by molar-refractivity contribution is -0.127. The fourth-order valence-corrected chi connectivity index (χ4v) is 3.65. The molecular formula is C17H24N2O2. The minimum absolute atomic E-state index is 0.241. The zero-order valence-electron chi connectivity index (χ0n) is 12.9. The highest BCUT2D eigenvalue weighted by Gasteiger charge is 2.43. The summed E-state index contributed by atoms with van der Waals surface area (Å²) in [5.74, 6) is 1.08. The number of aryl methyl sites for hydroxylation is 1. The lowest BCUT2D eigenvalue weighted by atomic mass is 9.82. The Hall–Kier alpha value is -1.55. The van der Waals surface area contributed by atoms with E-state index in [2.05, 4.69) is 18.3 Å². The third-order valence-corrected chi connectivity index (χ3v) is 5.02. The second-order valence-corrected chi connectivity index (χ2v) is 6.09. The van der Waals surface area contributed by atoms with Crippen molar-refractivity contribution in [3.05, 3.63) is 23.8 Å². The summed E-state index contributed by atoms with van der Waals surface area (Å²) < 4.78 is 5.51. The van der Waals surface area contributed by atoms with Gasteiger partial charge in [0.25, 0.3) is 0 Å². The molecule has 1 atom stereocenters. The molecule has 1 unspecified atom stereocenters. The predicted molar refractivity (Wildman–Crippen MR) is 83.9 cm³/mol. The van der Waals surface area contributed by atoms with Crippen LogP contribution in [0.25, 0.3) is 0 Å². The highest BCUT2D eigenvalue weighted by Crippen LogP contribution is 2.40. The molecule has 4 nitrogen and oxygen atoms in total. The number of nitrogens with one attached hydrogen (secondary N) is 1. The van der Waals surface area contributed by atoms with Crippen molar-refractivity contribution in [1.29, 1.82) is 0 Å². The lowest BCUT2D eigenvalue weighted by Crippen LogP contribution is -2.47. The van der Waals surface area contributed by atoms with Gasteiger partial charge in [0, 0.05) is 13.1 Å². The molecule has 2 aliphatic rings. The van der Waals surface area contributed by atoms with Crippen molar-refractivity contribution in [2.45, 2.75) is 32.6 Å². The van der Waals surface area contributed by atoms with Crippen molar-refractivity contribution in [3.8, 4) is 5.75 Å². The summed E-state index contributed by atoms with van der Waals surface area (Å²) in [4.78, 5) is 15.2. The maximum atomic E-state index is 13.2. The Morgan fingerprint density at radius 1 is 1.48 bits per heavy atom. The van der Waals surface area contributed by atoms with E-state index in [1.807, 2.05) is 17.0 Å². The molecule has 0 spiro atoms. The largest absolute Gasteiger partial charge is 0.495 e. The van der Waals surface area contributed by atoms with E-state index >= 15 is 0 Å². The standard InChI is InChI=1S/C17H24N2O2/c1-3-17(9-10-18-12-17)16(20)19-11-5-7-13-6-4-8-14(21-2)15(13)19/h4,6,8,18H,3,5,7,9-12H2,1-2H3. The Morgan fingerprint density at radius 2 is 2.33 bits per heavy atom. The summed E-state index contributed by atoms with van der Waals surface area (Å²) in [6.07, 6.45) is 3.87. The Balaban J connectivity index is 2.00. The Kier molecular flexibility index (Phi) is 3.89. The molecule has 1 amide bonds. The highest BCUT2D eigenvalue weighted by atomic mass is 16.5. The minimum atomic E-state index is -0.241. The van der Waals surface area contributed by atoms with Crippen LogP contribution in [0.1, 0.15) is 31.7 Å². The number of hydrogen-bond donors (Lipinski definition) is 1. The van der Waals surface area contributed by atoms with Crippen LogP contribution in [-0.4, -0.2) is 32.7 Å². The Morgan fingerprint density at radius 3 is 3.00 bits per heavy atom. The molecule has 1 N–H and O–H groups in total. The number of para-hydroxylation sites is 1. The van der Waals surface area contributed by atoms with Gasteiger partial charge in [0.15, 0.2) is 0 Å². The van der Waals surface area contributed by atoms with Crippen molar-refractivity contribution in [2.75, 3.05) is 31.6 Å². The first-order valence-corrected chi connectivity index (χ1v) is 7.90. The number of amides is 1. The number of carbonyl (C=O) groups excluding carboxylic acids is 1. The van der Waals surface area contributed by atoms with Gasteiger partial charge in [0.05, 0.1) is 18.2 Å². The maximum absolute atomic E-state index is 13.2. The predicted octanol–water partition coefficient (Wildman–Crippen LogP) is 2.36. The van der Waals surface area contributed by atoms with E-state index < -0.39 is 0 Å². The van der Waals surface area contributed by atoms with E-state index in [-0.39, 0.29) is 11.3 Å². The third kappa shape index (κ3) is 2.31. The molecule has 0 aliphatic carbocycles. The fourth-order valence-electron chi connectivity index (χ4n) is 3.65. The van der Waals surface area contributed by atoms with Crippen molar-refractivity contribution in [2.24, 2.45) is 5.41 Å². The van der Waals surface area contributed by atoms with E-state index in [9.17, 15) is 4.79 Å². The van der Waals surface area contributed by atoms with Crippen molar-refractivity contribution in [3.63, 3.8) is 0 Å². The van der Waals surface area contributed by atoms with E-state index in [1.165, 1.54) is 5.56 Å². The first-order valence-electron chi connectivity index (χ1n) is 7.90. The molecule has 1 aromatic rings. The quantitative estimate of drug-likeness (QED) is 0.928. The molecule has 2 heterocycles. The van der Waals surface area contributed by atoms with Crippen molar-refractivity contribution in [1.82, 2.24) is 5.32 Å². The van der Waals surface area contributed by atoms with Gasteiger partial charge in [0.2, 0.25) is 5.91 Å². The molecule has 0 aromatic heterocycles. The van der Waals surface area contributed by atoms with Crippen molar-refractivity contribution < 1.29 is 9.53 Å². The van der Waals surface area contributed by atoms with E-state index in [4.69, 9.17) is 4.74 Å². The number of fused-ring (bicyclic) bond motifs is 1. The molecule has 0 radical (unpaired) electrons. The number of benzene rings is 1. The van der Waals surface area contributed by atoms with Crippen LogP contribution in [0, 0.1) is 5.41 Å². The van der Waals surface area contributed by atoms with Crippen LogP contribution in [0.15, 0.2) is 18.2 Å². The molecule has 0 bridgehead atoms. The zero-order chi connectivity index (χ0) is 14.9. The number of anilines is 1. The molecule has 2 aliphatic heterocycles. The van der Waals surface area contributed by atoms with Gasteiger partial charge < -0.3 is 15.0 Å². The summed E-state index contributed by atoms with van der Waals surface area (Å²) in [5.41, 5.74) is 1.98. The molecule has 1 fully saturated rings. The van der Waals surface area contributed by atoms with Gasteiger partial charge in [-0.25, -0.2) is 0 Å². The van der Waals surface area contributed by atoms with E-state index in [0.717, 1.165) is 56.8 Å². The molecule has 4 heteroatoms. The van der Waals surface area contributed by atoms with Gasteiger partial charge in [-0.1, -0.05) is 19.1 Å². The first-order chi connectivity index (χ1) is 10.2. The average molecular weight is 288 g/mol. The molecule has 3 rings (SSSR count). The number of ether oxygens (including phenoxy) is 1. The SMILES string of the molecule is CCC1(C(=O)N2CCCc3cccc(OC)c32)CCNC1. The number of hydrogen-bond acceptors (Lipinski definition) is 3. The molecule has 1 saturated heterocycles. The van der Waals surface area contributed by atoms with E-state index in [0.29, 0.717) is 0 Å². The molecule has 1 aromatic carbocycles. The second kappa shape index (κ2) is 5.68. The summed E-state index contributed by atoms with van der Waals surface area (Å²) in [6.45, 7) is 4.65. The lowest BCUT2D eigenvalue weighted by Gasteiger charge is -2.37. The smallest absolute Gasteiger partial charge is 0.234 e. The molecular weight excluding hydrogens is 264 g/mol. The van der Waals surface area contributed by atoms with Gasteiger partial charge in [-0.3, -0.25) is 4.79 Å². The number of rotatable bonds is 3.